The molecule has 0 fully saturated rings. The lowest BCUT2D eigenvalue weighted by atomic mass is 10.0. The van der Waals surface area contributed by atoms with Gasteiger partial charge in [0, 0.05) is 17.4 Å². The molecule has 0 aliphatic carbocycles. The Morgan fingerprint density at radius 2 is 1.74 bits per heavy atom. The van der Waals surface area contributed by atoms with E-state index in [1.807, 2.05) is 55.5 Å². The van der Waals surface area contributed by atoms with Crippen LogP contribution in [0.3, 0.4) is 0 Å². The molecule has 4 heteroatoms. The van der Waals surface area contributed by atoms with E-state index in [0.717, 1.165) is 16.8 Å². The molecule has 1 aromatic heterocycles. The van der Waals surface area contributed by atoms with E-state index >= 15 is 0 Å². The van der Waals surface area contributed by atoms with E-state index in [0.29, 0.717) is 5.56 Å². The minimum atomic E-state index is -0.275. The number of nitrogens with zero attached hydrogens (tertiary/aromatic N) is 1. The van der Waals surface area contributed by atoms with Crippen molar-refractivity contribution in [2.75, 3.05) is 5.32 Å². The number of aromatic nitrogens is 1. The van der Waals surface area contributed by atoms with Gasteiger partial charge in [-0.1, -0.05) is 59.6 Å². The van der Waals surface area contributed by atoms with Crippen molar-refractivity contribution in [1.29, 1.82) is 0 Å². The Bertz CT molecular complexity index is 844. The third-order valence-corrected chi connectivity index (χ3v) is 3.84. The van der Waals surface area contributed by atoms with Crippen molar-refractivity contribution in [2.24, 2.45) is 0 Å². The predicted molar refractivity (Wildman–Crippen MR) is 93.8 cm³/mol. The zero-order valence-corrected chi connectivity index (χ0v) is 13.3. The molecule has 3 aromatic rings. The highest BCUT2D eigenvalue weighted by Crippen LogP contribution is 2.28. The number of hydrogen-bond donors (Lipinski definition) is 1. The standard InChI is InChI=1S/C19H15ClN2O/c1-13-8-10-14(11-9-13)15-5-2-3-7-17(15)22-19(23)16-6-4-12-21-18(16)20/h2-12H,1H3,(H,22,23). The molecule has 0 bridgehead atoms. The average Bonchev–Trinajstić information content (AvgIpc) is 2.56. The highest BCUT2D eigenvalue weighted by Gasteiger charge is 2.13. The van der Waals surface area contributed by atoms with Crippen LogP contribution >= 0.6 is 11.6 Å². The fourth-order valence-corrected chi connectivity index (χ4v) is 2.53. The summed E-state index contributed by atoms with van der Waals surface area (Å²) in [6.07, 6.45) is 1.55. The van der Waals surface area contributed by atoms with Gasteiger partial charge >= 0.3 is 0 Å². The Hall–Kier alpha value is -2.65. The molecule has 0 aliphatic rings. The van der Waals surface area contributed by atoms with Crippen LogP contribution in [-0.4, -0.2) is 10.9 Å². The van der Waals surface area contributed by atoms with Gasteiger partial charge in [-0.15, -0.1) is 0 Å². The fourth-order valence-electron chi connectivity index (χ4n) is 2.32. The first kappa shape index (κ1) is 15.3. The number of carbonyl (C=O) groups excluding carboxylic acids is 1. The van der Waals surface area contributed by atoms with Crippen LogP contribution in [0.25, 0.3) is 11.1 Å². The third-order valence-electron chi connectivity index (χ3n) is 3.54. The van der Waals surface area contributed by atoms with Crippen LogP contribution in [0, 0.1) is 6.92 Å². The van der Waals surface area contributed by atoms with Crippen molar-refractivity contribution in [3.63, 3.8) is 0 Å². The summed E-state index contributed by atoms with van der Waals surface area (Å²) in [5.74, 6) is -0.275. The lowest BCUT2D eigenvalue weighted by Gasteiger charge is -2.12. The molecule has 1 heterocycles. The second-order valence-electron chi connectivity index (χ2n) is 5.21. The number of anilines is 1. The van der Waals surface area contributed by atoms with Gasteiger partial charge in [-0.3, -0.25) is 4.79 Å². The van der Waals surface area contributed by atoms with Crippen molar-refractivity contribution < 1.29 is 4.79 Å². The van der Waals surface area contributed by atoms with Crippen LogP contribution in [0.5, 0.6) is 0 Å². The first-order chi connectivity index (χ1) is 11.1. The first-order valence-electron chi connectivity index (χ1n) is 7.23. The van der Waals surface area contributed by atoms with Crippen molar-refractivity contribution in [3.05, 3.63) is 83.1 Å². The maximum atomic E-state index is 12.4. The minimum Gasteiger partial charge on any atom is -0.321 e. The van der Waals surface area contributed by atoms with Gasteiger partial charge in [0.15, 0.2) is 0 Å². The van der Waals surface area contributed by atoms with Crippen LogP contribution in [0.4, 0.5) is 5.69 Å². The summed E-state index contributed by atoms with van der Waals surface area (Å²) in [5, 5.41) is 3.11. The Morgan fingerprint density at radius 1 is 1.00 bits per heavy atom. The quantitative estimate of drug-likeness (QED) is 0.692. The van der Waals surface area contributed by atoms with Crippen LogP contribution in [0.1, 0.15) is 15.9 Å². The smallest absolute Gasteiger partial charge is 0.258 e. The van der Waals surface area contributed by atoms with E-state index in [2.05, 4.69) is 10.3 Å². The Labute approximate surface area is 140 Å². The van der Waals surface area contributed by atoms with E-state index < -0.39 is 0 Å². The van der Waals surface area contributed by atoms with E-state index in [9.17, 15) is 4.79 Å². The maximum Gasteiger partial charge on any atom is 0.258 e. The van der Waals surface area contributed by atoms with E-state index in [4.69, 9.17) is 11.6 Å². The van der Waals surface area contributed by atoms with Crippen molar-refractivity contribution in [1.82, 2.24) is 4.98 Å². The number of amides is 1. The van der Waals surface area contributed by atoms with Gasteiger partial charge in [-0.25, -0.2) is 4.98 Å². The second-order valence-corrected chi connectivity index (χ2v) is 5.57. The van der Waals surface area contributed by atoms with Crippen molar-refractivity contribution in [3.8, 4) is 11.1 Å². The molecule has 0 saturated heterocycles. The number of halogens is 1. The maximum absolute atomic E-state index is 12.4. The highest BCUT2D eigenvalue weighted by molar-refractivity contribution is 6.33. The number of aryl methyl sites for hydroxylation is 1. The molecule has 0 aliphatic heterocycles. The molecule has 1 N–H and O–H groups in total. The summed E-state index contributed by atoms with van der Waals surface area (Å²) in [5.41, 5.74) is 4.29. The van der Waals surface area contributed by atoms with Crippen LogP contribution in [-0.2, 0) is 0 Å². The monoisotopic (exact) mass is 322 g/mol. The zero-order chi connectivity index (χ0) is 16.2. The van der Waals surface area contributed by atoms with Crippen LogP contribution in [0.15, 0.2) is 66.9 Å². The Kier molecular flexibility index (Phi) is 4.40. The zero-order valence-electron chi connectivity index (χ0n) is 12.6. The molecular weight excluding hydrogens is 308 g/mol. The number of benzene rings is 2. The first-order valence-corrected chi connectivity index (χ1v) is 7.61. The number of para-hydroxylation sites is 1. The van der Waals surface area contributed by atoms with Gasteiger partial charge in [-0.05, 0) is 30.7 Å². The summed E-state index contributed by atoms with van der Waals surface area (Å²) in [6.45, 7) is 2.04. The third kappa shape index (κ3) is 3.41. The average molecular weight is 323 g/mol. The normalized spacial score (nSPS) is 10.3. The lowest BCUT2D eigenvalue weighted by Crippen LogP contribution is -2.13. The number of pyridine rings is 1. The van der Waals surface area contributed by atoms with Gasteiger partial charge in [0.05, 0.1) is 5.56 Å². The summed E-state index contributed by atoms with van der Waals surface area (Å²) in [7, 11) is 0. The van der Waals surface area contributed by atoms with Gasteiger partial charge in [0.25, 0.3) is 5.91 Å². The van der Waals surface area contributed by atoms with E-state index in [1.54, 1.807) is 18.3 Å². The number of nitrogens with one attached hydrogen (secondary N) is 1. The largest absolute Gasteiger partial charge is 0.321 e. The van der Waals surface area contributed by atoms with Gasteiger partial charge < -0.3 is 5.32 Å². The summed E-state index contributed by atoms with van der Waals surface area (Å²) in [6, 6.07) is 19.2. The van der Waals surface area contributed by atoms with Gasteiger partial charge in [0.1, 0.15) is 5.15 Å². The molecule has 0 atom stereocenters. The summed E-state index contributed by atoms with van der Waals surface area (Å²) in [4.78, 5) is 16.4. The molecule has 0 radical (unpaired) electrons. The topological polar surface area (TPSA) is 42.0 Å². The van der Waals surface area contributed by atoms with Gasteiger partial charge in [-0.2, -0.15) is 0 Å². The highest BCUT2D eigenvalue weighted by atomic mass is 35.5. The van der Waals surface area contributed by atoms with Crippen molar-refractivity contribution in [2.45, 2.75) is 6.92 Å². The number of carbonyl (C=O) groups is 1. The summed E-state index contributed by atoms with van der Waals surface area (Å²) < 4.78 is 0. The molecule has 3 nitrogen and oxygen atoms in total. The molecule has 0 saturated carbocycles. The molecule has 2 aromatic carbocycles. The molecule has 1 amide bonds. The molecule has 0 spiro atoms. The Morgan fingerprint density at radius 3 is 2.48 bits per heavy atom. The fraction of sp³-hybridized carbons (Fsp3) is 0.0526. The SMILES string of the molecule is Cc1ccc(-c2ccccc2NC(=O)c2cccnc2Cl)cc1. The molecule has 3 rings (SSSR count). The molecule has 114 valence electrons. The number of hydrogen-bond acceptors (Lipinski definition) is 2. The van der Waals surface area contributed by atoms with Gasteiger partial charge in [0.2, 0.25) is 0 Å². The molecule has 23 heavy (non-hydrogen) atoms. The van der Waals surface area contributed by atoms with E-state index in [1.165, 1.54) is 5.56 Å². The number of rotatable bonds is 3. The van der Waals surface area contributed by atoms with Crippen LogP contribution < -0.4 is 5.32 Å². The summed E-state index contributed by atoms with van der Waals surface area (Å²) >= 11 is 5.99. The Balaban J connectivity index is 1.94. The van der Waals surface area contributed by atoms with Crippen LogP contribution in [0.2, 0.25) is 5.15 Å². The second kappa shape index (κ2) is 6.63. The molecular formula is C19H15ClN2O. The lowest BCUT2D eigenvalue weighted by molar-refractivity contribution is 0.102. The minimum absolute atomic E-state index is 0.192. The molecule has 0 unspecified atom stereocenters. The predicted octanol–water partition coefficient (Wildman–Crippen LogP) is 4.96. The van der Waals surface area contributed by atoms with E-state index in [-0.39, 0.29) is 11.1 Å². The van der Waals surface area contributed by atoms with Crippen molar-refractivity contribution >= 4 is 23.2 Å².